The Balaban J connectivity index is 0.000000202. The Bertz CT molecular complexity index is 207. The van der Waals surface area contributed by atoms with Crippen LogP contribution >= 0.6 is 0 Å². The summed E-state index contributed by atoms with van der Waals surface area (Å²) in [7, 11) is 0. The number of rotatable bonds is 1. The van der Waals surface area contributed by atoms with Gasteiger partial charge in [-0.1, -0.05) is 6.58 Å². The minimum Gasteiger partial charge on any atom is -0.366 e. The first-order chi connectivity index (χ1) is 5.64. The minimum atomic E-state index is -0.435. The summed E-state index contributed by atoms with van der Waals surface area (Å²) < 4.78 is 0. The van der Waals surface area contributed by atoms with E-state index >= 15 is 0 Å². The number of carbonyl (C=O) groups excluding carboxylic acids is 1. The molecule has 1 aromatic rings. The second-order valence-corrected chi connectivity index (χ2v) is 2.05. The topological polar surface area (TPSA) is 68.9 Å². The zero-order valence-corrected chi connectivity index (χ0v) is 6.90. The zero-order valence-electron chi connectivity index (χ0n) is 6.90. The lowest BCUT2D eigenvalue weighted by Gasteiger charge is -1.81. The van der Waals surface area contributed by atoms with Gasteiger partial charge in [0.05, 0.1) is 0 Å². The highest BCUT2D eigenvalue weighted by Gasteiger charge is 1.86. The van der Waals surface area contributed by atoms with E-state index in [1.165, 1.54) is 6.33 Å². The molecule has 0 atom stereocenters. The molecule has 2 N–H and O–H groups in total. The monoisotopic (exact) mass is 165 g/mol. The maximum absolute atomic E-state index is 9.82. The molecule has 4 heteroatoms. The SMILES string of the molecule is C=C(C)C(N)=O.c1cncnc1. The molecule has 1 amide bonds. The van der Waals surface area contributed by atoms with Crippen LogP contribution < -0.4 is 5.73 Å². The summed E-state index contributed by atoms with van der Waals surface area (Å²) in [6, 6.07) is 1.78. The molecule has 0 fully saturated rings. The predicted octanol–water partition coefficient (Wildman–Crippen LogP) is 0.524. The first-order valence-electron chi connectivity index (χ1n) is 3.30. The molecule has 0 aliphatic heterocycles. The molecule has 64 valence electrons. The molecule has 0 spiro atoms. The van der Waals surface area contributed by atoms with E-state index in [2.05, 4.69) is 16.5 Å². The average Bonchev–Trinajstić information content (AvgIpc) is 2.08. The maximum atomic E-state index is 9.82. The third kappa shape index (κ3) is 6.41. The van der Waals surface area contributed by atoms with Gasteiger partial charge in [0, 0.05) is 18.0 Å². The average molecular weight is 165 g/mol. The maximum Gasteiger partial charge on any atom is 0.243 e. The van der Waals surface area contributed by atoms with Crippen molar-refractivity contribution in [1.29, 1.82) is 0 Å². The fourth-order valence-electron chi connectivity index (χ4n) is 0.253. The molecule has 0 aliphatic rings. The molecule has 0 unspecified atom stereocenters. The van der Waals surface area contributed by atoms with Crippen molar-refractivity contribution < 1.29 is 4.79 Å². The van der Waals surface area contributed by atoms with Gasteiger partial charge in [-0.25, -0.2) is 9.97 Å². The molecule has 1 rings (SSSR count). The van der Waals surface area contributed by atoms with Gasteiger partial charge < -0.3 is 5.73 Å². The van der Waals surface area contributed by atoms with Gasteiger partial charge in [-0.3, -0.25) is 4.79 Å². The van der Waals surface area contributed by atoms with E-state index < -0.39 is 5.91 Å². The normalized spacial score (nSPS) is 7.75. The van der Waals surface area contributed by atoms with Crippen LogP contribution in [0.25, 0.3) is 0 Å². The lowest BCUT2D eigenvalue weighted by Crippen LogP contribution is -2.10. The molecule has 0 saturated heterocycles. The number of hydrogen-bond acceptors (Lipinski definition) is 3. The number of aromatic nitrogens is 2. The minimum absolute atomic E-state index is 0.398. The number of nitrogens with two attached hydrogens (primary N) is 1. The van der Waals surface area contributed by atoms with Gasteiger partial charge in [-0.15, -0.1) is 0 Å². The van der Waals surface area contributed by atoms with Crippen LogP contribution in [0.3, 0.4) is 0 Å². The molecule has 0 aliphatic carbocycles. The van der Waals surface area contributed by atoms with Crippen LogP contribution in [0.4, 0.5) is 0 Å². The van der Waals surface area contributed by atoms with Gasteiger partial charge >= 0.3 is 0 Å². The lowest BCUT2D eigenvalue weighted by molar-refractivity contribution is -0.114. The third-order valence-corrected chi connectivity index (χ3v) is 0.898. The standard InChI is InChI=1S/C4H4N2.C4H7NO/c1-2-5-4-6-3-1;1-3(2)4(5)6/h1-4H;1H2,2H3,(H2,5,6). The highest BCUT2D eigenvalue weighted by atomic mass is 16.1. The Morgan fingerprint density at radius 3 is 1.92 bits per heavy atom. The Morgan fingerprint density at radius 2 is 1.83 bits per heavy atom. The Hall–Kier alpha value is -1.71. The number of nitrogens with zero attached hydrogens (tertiary/aromatic N) is 2. The van der Waals surface area contributed by atoms with Crippen LogP contribution in [0.1, 0.15) is 6.92 Å². The molecule has 0 saturated carbocycles. The van der Waals surface area contributed by atoms with Crippen LogP contribution in [0.15, 0.2) is 36.9 Å². The molecule has 12 heavy (non-hydrogen) atoms. The van der Waals surface area contributed by atoms with E-state index in [1.807, 2.05) is 0 Å². The summed E-state index contributed by atoms with van der Waals surface area (Å²) in [6.45, 7) is 4.85. The number of primary amides is 1. The fraction of sp³-hybridized carbons (Fsp3) is 0.125. The quantitative estimate of drug-likeness (QED) is 0.617. The van der Waals surface area contributed by atoms with Gasteiger partial charge in [0.2, 0.25) is 5.91 Å². The molecular weight excluding hydrogens is 154 g/mol. The Morgan fingerprint density at radius 1 is 1.42 bits per heavy atom. The van der Waals surface area contributed by atoms with E-state index in [0.29, 0.717) is 5.57 Å². The number of carbonyl (C=O) groups is 1. The second-order valence-electron chi connectivity index (χ2n) is 2.05. The lowest BCUT2D eigenvalue weighted by atomic mass is 10.3. The van der Waals surface area contributed by atoms with E-state index in [0.717, 1.165) is 0 Å². The van der Waals surface area contributed by atoms with Crippen molar-refractivity contribution >= 4 is 5.91 Å². The van der Waals surface area contributed by atoms with E-state index in [4.69, 9.17) is 5.73 Å². The van der Waals surface area contributed by atoms with Crippen molar-refractivity contribution in [3.05, 3.63) is 36.9 Å². The van der Waals surface area contributed by atoms with Crippen molar-refractivity contribution in [2.45, 2.75) is 6.92 Å². The molecule has 4 nitrogen and oxygen atoms in total. The molecule has 1 heterocycles. The van der Waals surface area contributed by atoms with Crippen molar-refractivity contribution in [3.63, 3.8) is 0 Å². The fourth-order valence-corrected chi connectivity index (χ4v) is 0.253. The van der Waals surface area contributed by atoms with Gasteiger partial charge in [-0.2, -0.15) is 0 Å². The van der Waals surface area contributed by atoms with Crippen LogP contribution in [0, 0.1) is 0 Å². The number of amides is 1. The third-order valence-electron chi connectivity index (χ3n) is 0.898. The highest BCUT2D eigenvalue weighted by Crippen LogP contribution is 1.78. The van der Waals surface area contributed by atoms with E-state index in [9.17, 15) is 4.79 Å². The van der Waals surface area contributed by atoms with Gasteiger partial charge in [0.25, 0.3) is 0 Å². The molecule has 0 radical (unpaired) electrons. The van der Waals surface area contributed by atoms with Gasteiger partial charge in [0.1, 0.15) is 6.33 Å². The highest BCUT2D eigenvalue weighted by molar-refractivity contribution is 5.90. The van der Waals surface area contributed by atoms with Crippen LogP contribution in [0.2, 0.25) is 0 Å². The van der Waals surface area contributed by atoms with Gasteiger partial charge in [0.15, 0.2) is 0 Å². The van der Waals surface area contributed by atoms with Crippen LogP contribution in [0.5, 0.6) is 0 Å². The van der Waals surface area contributed by atoms with E-state index in [1.54, 1.807) is 25.4 Å². The summed E-state index contributed by atoms with van der Waals surface area (Å²) in [5.41, 5.74) is 5.09. The van der Waals surface area contributed by atoms with Crippen molar-refractivity contribution in [2.75, 3.05) is 0 Å². The van der Waals surface area contributed by atoms with Crippen molar-refractivity contribution in [2.24, 2.45) is 5.73 Å². The molecule has 1 aromatic heterocycles. The first-order valence-corrected chi connectivity index (χ1v) is 3.30. The summed E-state index contributed by atoms with van der Waals surface area (Å²) in [5, 5.41) is 0. The second kappa shape index (κ2) is 6.03. The van der Waals surface area contributed by atoms with Gasteiger partial charge in [-0.05, 0) is 13.0 Å². The summed E-state index contributed by atoms with van der Waals surface area (Å²) in [5.74, 6) is -0.435. The van der Waals surface area contributed by atoms with Crippen LogP contribution in [-0.4, -0.2) is 15.9 Å². The molecular formula is C8H11N3O. The van der Waals surface area contributed by atoms with E-state index in [-0.39, 0.29) is 0 Å². The number of hydrogen-bond donors (Lipinski definition) is 1. The van der Waals surface area contributed by atoms with Crippen molar-refractivity contribution in [1.82, 2.24) is 9.97 Å². The largest absolute Gasteiger partial charge is 0.366 e. The Labute approximate surface area is 71.1 Å². The Kier molecular flexibility index (Phi) is 5.17. The van der Waals surface area contributed by atoms with Crippen molar-refractivity contribution in [3.8, 4) is 0 Å². The molecule has 0 bridgehead atoms. The zero-order chi connectivity index (χ0) is 9.40. The van der Waals surface area contributed by atoms with Crippen LogP contribution in [-0.2, 0) is 4.79 Å². The first kappa shape index (κ1) is 10.3. The summed E-state index contributed by atoms with van der Waals surface area (Å²) in [4.78, 5) is 17.2. The molecule has 0 aromatic carbocycles. The smallest absolute Gasteiger partial charge is 0.243 e. The predicted molar refractivity (Wildman–Crippen MR) is 46.0 cm³/mol. The summed E-state index contributed by atoms with van der Waals surface area (Å²) >= 11 is 0. The summed E-state index contributed by atoms with van der Waals surface area (Å²) in [6.07, 6.45) is 4.88.